The van der Waals surface area contributed by atoms with Crippen molar-refractivity contribution in [1.82, 2.24) is 5.32 Å². The summed E-state index contributed by atoms with van der Waals surface area (Å²) in [5.41, 5.74) is 5.78. The molecule has 0 saturated heterocycles. The lowest BCUT2D eigenvalue weighted by Crippen LogP contribution is -2.29. The zero-order chi connectivity index (χ0) is 8.81. The Bertz CT molecular complexity index is 160. The molecule has 1 saturated carbocycles. The maximum Gasteiger partial charge on any atom is 0.00981 e. The van der Waals surface area contributed by atoms with Gasteiger partial charge in [0.15, 0.2) is 0 Å². The van der Waals surface area contributed by atoms with Crippen LogP contribution in [0.2, 0.25) is 0 Å². The van der Waals surface area contributed by atoms with Gasteiger partial charge in [0.2, 0.25) is 0 Å². The second kappa shape index (κ2) is 5.18. The van der Waals surface area contributed by atoms with Crippen LogP contribution in [0.4, 0.5) is 0 Å². The summed E-state index contributed by atoms with van der Waals surface area (Å²) in [5.74, 6) is 2.64. The van der Waals surface area contributed by atoms with Crippen molar-refractivity contribution in [3.05, 3.63) is 0 Å². The predicted octanol–water partition coefficient (Wildman–Crippen LogP) is 0.869. The van der Waals surface area contributed by atoms with Gasteiger partial charge in [0.1, 0.15) is 0 Å². The number of nitrogens with two attached hydrogens (primary N) is 1. The molecule has 0 amide bonds. The van der Waals surface area contributed by atoms with Gasteiger partial charge in [-0.2, -0.15) is 0 Å². The Morgan fingerprint density at radius 2 is 2.33 bits per heavy atom. The van der Waals surface area contributed by atoms with Crippen molar-refractivity contribution in [3.63, 3.8) is 0 Å². The fourth-order valence-corrected chi connectivity index (χ4v) is 1.70. The van der Waals surface area contributed by atoms with Crippen LogP contribution in [0.5, 0.6) is 0 Å². The first kappa shape index (κ1) is 9.57. The predicted molar refractivity (Wildman–Crippen MR) is 51.7 cm³/mol. The fraction of sp³-hybridized carbons (Fsp3) is 0.800. The van der Waals surface area contributed by atoms with E-state index in [9.17, 15) is 0 Å². The number of terminal acetylenes is 1. The number of hydrogen-bond donors (Lipinski definition) is 2. The van der Waals surface area contributed by atoms with E-state index in [2.05, 4.69) is 11.2 Å². The Labute approximate surface area is 74.9 Å². The maximum absolute atomic E-state index is 5.78. The third-order valence-corrected chi connectivity index (χ3v) is 2.40. The summed E-state index contributed by atoms with van der Waals surface area (Å²) in [7, 11) is 0. The standard InChI is InChI=1S/C10H18N2/c1-2-3-4-7-12-10-6-5-9(11)8-10/h1,9-10,12H,3-8,11H2. The van der Waals surface area contributed by atoms with E-state index in [4.69, 9.17) is 12.2 Å². The first-order valence-corrected chi connectivity index (χ1v) is 4.75. The van der Waals surface area contributed by atoms with Crippen molar-refractivity contribution in [2.24, 2.45) is 5.73 Å². The first-order chi connectivity index (χ1) is 5.83. The summed E-state index contributed by atoms with van der Waals surface area (Å²) < 4.78 is 0. The van der Waals surface area contributed by atoms with Crippen molar-refractivity contribution < 1.29 is 0 Å². The smallest absolute Gasteiger partial charge is 0.00981 e. The van der Waals surface area contributed by atoms with Gasteiger partial charge in [-0.1, -0.05) is 0 Å². The van der Waals surface area contributed by atoms with Crippen LogP contribution in [0, 0.1) is 12.3 Å². The molecule has 1 fully saturated rings. The van der Waals surface area contributed by atoms with E-state index in [1.807, 2.05) is 0 Å². The maximum atomic E-state index is 5.78. The van der Waals surface area contributed by atoms with Crippen LogP contribution in [0.3, 0.4) is 0 Å². The first-order valence-electron chi connectivity index (χ1n) is 4.75. The van der Waals surface area contributed by atoms with Gasteiger partial charge in [0.25, 0.3) is 0 Å². The molecule has 2 unspecified atom stereocenters. The minimum absolute atomic E-state index is 0.426. The molecule has 2 atom stereocenters. The van der Waals surface area contributed by atoms with E-state index < -0.39 is 0 Å². The zero-order valence-corrected chi connectivity index (χ0v) is 7.55. The molecule has 1 rings (SSSR count). The van der Waals surface area contributed by atoms with E-state index in [1.54, 1.807) is 0 Å². The Morgan fingerprint density at radius 3 is 2.92 bits per heavy atom. The van der Waals surface area contributed by atoms with Crippen molar-refractivity contribution in [2.75, 3.05) is 6.54 Å². The molecule has 0 aliphatic heterocycles. The molecule has 2 heteroatoms. The molecule has 1 aliphatic rings. The third-order valence-electron chi connectivity index (χ3n) is 2.40. The molecule has 0 heterocycles. The summed E-state index contributed by atoms with van der Waals surface area (Å²) in [6.07, 6.45) is 10.7. The van der Waals surface area contributed by atoms with Gasteiger partial charge in [-0.25, -0.2) is 0 Å². The molecule has 3 N–H and O–H groups in total. The highest BCUT2D eigenvalue weighted by molar-refractivity contribution is 4.85. The lowest BCUT2D eigenvalue weighted by molar-refractivity contribution is 0.511. The van der Waals surface area contributed by atoms with E-state index >= 15 is 0 Å². The Kier molecular flexibility index (Phi) is 4.13. The molecule has 1 aliphatic carbocycles. The second-order valence-corrected chi connectivity index (χ2v) is 3.53. The van der Waals surface area contributed by atoms with E-state index in [1.165, 1.54) is 12.8 Å². The van der Waals surface area contributed by atoms with Gasteiger partial charge < -0.3 is 11.1 Å². The molecule has 0 spiro atoms. The van der Waals surface area contributed by atoms with Gasteiger partial charge in [0.05, 0.1) is 0 Å². The molecule has 2 nitrogen and oxygen atoms in total. The molecule has 68 valence electrons. The summed E-state index contributed by atoms with van der Waals surface area (Å²) in [6.45, 7) is 1.04. The quantitative estimate of drug-likeness (QED) is 0.480. The normalized spacial score (nSPS) is 28.7. The molecular weight excluding hydrogens is 148 g/mol. The Hall–Kier alpha value is -0.520. The van der Waals surface area contributed by atoms with E-state index in [0.717, 1.165) is 25.8 Å². The molecule has 0 aromatic heterocycles. The molecule has 0 radical (unpaired) electrons. The average molecular weight is 166 g/mol. The topological polar surface area (TPSA) is 38.0 Å². The highest BCUT2D eigenvalue weighted by Gasteiger charge is 2.20. The fourth-order valence-electron chi connectivity index (χ4n) is 1.70. The van der Waals surface area contributed by atoms with Crippen LogP contribution in [0.15, 0.2) is 0 Å². The van der Waals surface area contributed by atoms with Crippen LogP contribution in [-0.4, -0.2) is 18.6 Å². The largest absolute Gasteiger partial charge is 0.328 e. The summed E-state index contributed by atoms with van der Waals surface area (Å²) in [5, 5.41) is 3.47. The average Bonchev–Trinajstić information content (AvgIpc) is 2.45. The summed E-state index contributed by atoms with van der Waals surface area (Å²) in [6, 6.07) is 1.08. The number of hydrogen-bond acceptors (Lipinski definition) is 2. The van der Waals surface area contributed by atoms with E-state index in [-0.39, 0.29) is 0 Å². The second-order valence-electron chi connectivity index (χ2n) is 3.53. The number of nitrogens with one attached hydrogen (secondary N) is 1. The zero-order valence-electron chi connectivity index (χ0n) is 7.55. The Morgan fingerprint density at radius 1 is 1.50 bits per heavy atom. The van der Waals surface area contributed by atoms with Crippen molar-refractivity contribution >= 4 is 0 Å². The number of rotatable bonds is 4. The van der Waals surface area contributed by atoms with Crippen molar-refractivity contribution in [3.8, 4) is 12.3 Å². The van der Waals surface area contributed by atoms with E-state index in [0.29, 0.717) is 12.1 Å². The van der Waals surface area contributed by atoms with Crippen LogP contribution in [0.25, 0.3) is 0 Å². The lowest BCUT2D eigenvalue weighted by atomic mass is 10.2. The van der Waals surface area contributed by atoms with Crippen molar-refractivity contribution in [1.29, 1.82) is 0 Å². The molecule has 0 bridgehead atoms. The SMILES string of the molecule is C#CCCCNC1CCC(N)C1. The minimum atomic E-state index is 0.426. The van der Waals surface area contributed by atoms with Crippen LogP contribution in [-0.2, 0) is 0 Å². The minimum Gasteiger partial charge on any atom is -0.328 e. The van der Waals surface area contributed by atoms with Gasteiger partial charge in [0, 0.05) is 18.5 Å². The van der Waals surface area contributed by atoms with Crippen molar-refractivity contribution in [2.45, 2.75) is 44.2 Å². The van der Waals surface area contributed by atoms with Crippen LogP contribution >= 0.6 is 0 Å². The van der Waals surface area contributed by atoms with Gasteiger partial charge in [-0.05, 0) is 32.2 Å². The van der Waals surface area contributed by atoms with Crippen LogP contribution in [0.1, 0.15) is 32.1 Å². The van der Waals surface area contributed by atoms with Crippen LogP contribution < -0.4 is 11.1 Å². The Balaban J connectivity index is 1.97. The monoisotopic (exact) mass is 166 g/mol. The number of unbranched alkanes of at least 4 members (excludes halogenated alkanes) is 1. The molecular formula is C10H18N2. The summed E-state index contributed by atoms with van der Waals surface area (Å²) >= 11 is 0. The highest BCUT2D eigenvalue weighted by atomic mass is 14.9. The molecule has 0 aromatic rings. The third kappa shape index (κ3) is 3.25. The summed E-state index contributed by atoms with van der Waals surface area (Å²) in [4.78, 5) is 0. The molecule has 0 aromatic carbocycles. The molecule has 12 heavy (non-hydrogen) atoms. The lowest BCUT2D eigenvalue weighted by Gasteiger charge is -2.10. The highest BCUT2D eigenvalue weighted by Crippen LogP contribution is 2.16. The van der Waals surface area contributed by atoms with Gasteiger partial charge in [-0.15, -0.1) is 12.3 Å². The van der Waals surface area contributed by atoms with Gasteiger partial charge >= 0.3 is 0 Å². The van der Waals surface area contributed by atoms with Gasteiger partial charge in [-0.3, -0.25) is 0 Å².